The van der Waals surface area contributed by atoms with Crippen LogP contribution in [-0.4, -0.2) is 50.5 Å². The maximum absolute atomic E-state index is 13.3. The largest absolute Gasteiger partial charge is 0.380 e. The quantitative estimate of drug-likeness (QED) is 0.793. The van der Waals surface area contributed by atoms with Gasteiger partial charge in [0.2, 0.25) is 0 Å². The highest BCUT2D eigenvalue weighted by molar-refractivity contribution is 5.89. The molecule has 0 bridgehead atoms. The summed E-state index contributed by atoms with van der Waals surface area (Å²) >= 11 is 0. The molecule has 1 saturated heterocycles. The van der Waals surface area contributed by atoms with Gasteiger partial charge in [-0.25, -0.2) is 9.18 Å². The third-order valence-electron chi connectivity index (χ3n) is 6.55. The topological polar surface area (TPSA) is 85.8 Å². The molecule has 2 aromatic rings. The van der Waals surface area contributed by atoms with Crippen LogP contribution in [0.15, 0.2) is 36.5 Å². The van der Waals surface area contributed by atoms with E-state index in [-0.39, 0.29) is 11.9 Å². The van der Waals surface area contributed by atoms with E-state index in [4.69, 9.17) is 0 Å². The van der Waals surface area contributed by atoms with Gasteiger partial charge in [0.15, 0.2) is 0 Å². The number of likely N-dealkylation sites (tertiary alicyclic amines) is 1. The number of nitrogens with one attached hydrogen (secondary N) is 1. The minimum absolute atomic E-state index is 0.119. The Labute approximate surface area is 179 Å². The molecule has 3 amide bonds. The summed E-state index contributed by atoms with van der Waals surface area (Å²) in [5.74, 6) is -0.155. The fourth-order valence-corrected chi connectivity index (χ4v) is 4.46. The summed E-state index contributed by atoms with van der Waals surface area (Å²) in [5, 5.41) is 12.9. The summed E-state index contributed by atoms with van der Waals surface area (Å²) in [5.41, 5.74) is 2.26. The van der Waals surface area contributed by atoms with Gasteiger partial charge >= 0.3 is 6.03 Å². The van der Waals surface area contributed by atoms with Gasteiger partial charge < -0.3 is 20.2 Å². The summed E-state index contributed by atoms with van der Waals surface area (Å²) in [4.78, 5) is 32.3. The molecule has 3 heterocycles. The number of benzene rings is 1. The average molecular weight is 424 g/mol. The minimum Gasteiger partial charge on any atom is -0.380 e. The first kappa shape index (κ1) is 19.9. The number of pyridine rings is 1. The Balaban J connectivity index is 1.15. The zero-order valence-electron chi connectivity index (χ0n) is 17.2. The Morgan fingerprint density at radius 3 is 2.48 bits per heavy atom. The van der Waals surface area contributed by atoms with Gasteiger partial charge in [0.25, 0.3) is 5.91 Å². The molecule has 2 aliphatic heterocycles. The highest BCUT2D eigenvalue weighted by atomic mass is 19.1. The van der Waals surface area contributed by atoms with Crippen molar-refractivity contribution in [1.82, 2.24) is 14.8 Å². The number of rotatable bonds is 3. The Bertz CT molecular complexity index is 1010. The number of amides is 3. The Kier molecular flexibility index (Phi) is 4.89. The zero-order valence-corrected chi connectivity index (χ0v) is 17.2. The number of anilines is 1. The highest BCUT2D eigenvalue weighted by Gasteiger charge is 2.50. The van der Waals surface area contributed by atoms with Crippen LogP contribution in [0.25, 0.3) is 0 Å². The number of urea groups is 1. The van der Waals surface area contributed by atoms with Gasteiger partial charge in [-0.2, -0.15) is 0 Å². The van der Waals surface area contributed by atoms with Crippen molar-refractivity contribution in [2.75, 3.05) is 18.4 Å². The lowest BCUT2D eigenvalue weighted by atomic mass is 9.89. The molecule has 2 fully saturated rings. The van der Waals surface area contributed by atoms with Gasteiger partial charge in [0, 0.05) is 25.3 Å². The van der Waals surface area contributed by atoms with Gasteiger partial charge in [0.1, 0.15) is 11.4 Å². The Morgan fingerprint density at radius 1 is 1.10 bits per heavy atom. The number of piperidine rings is 1. The average Bonchev–Trinajstić information content (AvgIpc) is 3.39. The fraction of sp³-hybridized carbons (Fsp3) is 0.435. The number of hydrogen-bond donors (Lipinski definition) is 2. The number of hydrogen-bond acceptors (Lipinski definition) is 4. The Hall–Kier alpha value is -3.00. The zero-order chi connectivity index (χ0) is 21.6. The van der Waals surface area contributed by atoms with Crippen LogP contribution in [0.2, 0.25) is 0 Å². The summed E-state index contributed by atoms with van der Waals surface area (Å²) < 4.78 is 13.3. The first-order chi connectivity index (χ1) is 14.9. The maximum Gasteiger partial charge on any atom is 0.322 e. The van der Waals surface area contributed by atoms with Gasteiger partial charge in [-0.3, -0.25) is 9.78 Å². The third kappa shape index (κ3) is 3.99. The predicted octanol–water partition coefficient (Wildman–Crippen LogP) is 3.00. The van der Waals surface area contributed by atoms with Crippen LogP contribution in [0.3, 0.4) is 0 Å². The molecule has 0 atom stereocenters. The van der Waals surface area contributed by atoms with E-state index in [0.717, 1.165) is 24.1 Å². The van der Waals surface area contributed by atoms with Gasteiger partial charge in [-0.15, -0.1) is 0 Å². The smallest absolute Gasteiger partial charge is 0.322 e. The van der Waals surface area contributed by atoms with E-state index in [1.165, 1.54) is 17.8 Å². The second kappa shape index (κ2) is 7.60. The first-order valence-electron chi connectivity index (χ1n) is 10.7. The van der Waals surface area contributed by atoms with Crippen LogP contribution in [0.1, 0.15) is 48.4 Å². The van der Waals surface area contributed by atoms with Crippen molar-refractivity contribution in [2.24, 2.45) is 0 Å². The predicted molar refractivity (Wildman–Crippen MR) is 112 cm³/mol. The molecule has 2 N–H and O–H groups in total. The molecule has 3 aliphatic rings. The van der Waals surface area contributed by atoms with Gasteiger partial charge in [0.05, 0.1) is 18.4 Å². The summed E-state index contributed by atoms with van der Waals surface area (Å²) in [6.45, 7) is 2.03. The van der Waals surface area contributed by atoms with E-state index in [1.54, 1.807) is 9.80 Å². The van der Waals surface area contributed by atoms with E-state index in [2.05, 4.69) is 10.3 Å². The molecule has 1 saturated carbocycles. The lowest BCUT2D eigenvalue weighted by Gasteiger charge is -2.33. The van der Waals surface area contributed by atoms with Gasteiger partial charge in [-0.1, -0.05) is 12.1 Å². The van der Waals surface area contributed by atoms with Crippen molar-refractivity contribution in [3.05, 3.63) is 59.2 Å². The molecule has 1 aromatic heterocycles. The number of halogens is 1. The molecular weight excluding hydrogens is 399 g/mol. The second-order valence-corrected chi connectivity index (χ2v) is 8.77. The lowest BCUT2D eigenvalue weighted by Crippen LogP contribution is -2.44. The van der Waals surface area contributed by atoms with Crippen molar-refractivity contribution in [3.8, 4) is 0 Å². The molecule has 1 aliphatic carbocycles. The number of aliphatic hydroxyl groups is 1. The normalized spacial score (nSPS) is 19.8. The SMILES string of the molecule is O=C(Nc1ccc(C2CCN(C(=O)C3(O)CC3)CC2)cc1)N1Cc2cc(F)cnc2C1. The number of nitrogens with zero attached hydrogens (tertiary/aromatic N) is 3. The molecule has 0 spiro atoms. The number of fused-ring (bicyclic) bond motifs is 1. The summed E-state index contributed by atoms with van der Waals surface area (Å²) in [7, 11) is 0. The molecule has 7 nitrogen and oxygen atoms in total. The monoisotopic (exact) mass is 424 g/mol. The molecule has 0 radical (unpaired) electrons. The number of aromatic nitrogens is 1. The van der Waals surface area contributed by atoms with E-state index in [0.29, 0.717) is 50.6 Å². The molecule has 1 aromatic carbocycles. The second-order valence-electron chi connectivity index (χ2n) is 8.77. The van der Waals surface area contributed by atoms with Crippen molar-refractivity contribution in [3.63, 3.8) is 0 Å². The summed E-state index contributed by atoms with van der Waals surface area (Å²) in [6.07, 6.45) is 4.06. The van der Waals surface area contributed by atoms with Crippen molar-refractivity contribution >= 4 is 17.6 Å². The van der Waals surface area contributed by atoms with Crippen LogP contribution < -0.4 is 5.32 Å². The van der Waals surface area contributed by atoms with Crippen LogP contribution in [-0.2, 0) is 17.9 Å². The van der Waals surface area contributed by atoms with E-state index in [1.807, 2.05) is 24.3 Å². The minimum atomic E-state index is -1.09. The highest BCUT2D eigenvalue weighted by Crippen LogP contribution is 2.38. The van der Waals surface area contributed by atoms with Crippen LogP contribution in [0.4, 0.5) is 14.9 Å². The third-order valence-corrected chi connectivity index (χ3v) is 6.55. The molecule has 162 valence electrons. The maximum atomic E-state index is 13.3. The fourth-order valence-electron chi connectivity index (χ4n) is 4.46. The molecule has 8 heteroatoms. The van der Waals surface area contributed by atoms with E-state index in [9.17, 15) is 19.1 Å². The molecule has 5 rings (SSSR count). The standard InChI is InChI=1S/C23H25FN4O3/c24-18-11-17-13-28(14-20(17)25-12-18)22(30)26-19-3-1-15(2-4-19)16-5-9-27(10-6-16)21(29)23(31)7-8-23/h1-4,11-12,16,31H,5-10,13-14H2,(H,26,30). The van der Waals surface area contributed by atoms with Gasteiger partial charge in [-0.05, 0) is 60.9 Å². The van der Waals surface area contributed by atoms with E-state index >= 15 is 0 Å². The van der Waals surface area contributed by atoms with Crippen molar-refractivity contribution in [1.29, 1.82) is 0 Å². The van der Waals surface area contributed by atoms with Crippen LogP contribution in [0.5, 0.6) is 0 Å². The van der Waals surface area contributed by atoms with Crippen molar-refractivity contribution in [2.45, 2.75) is 50.3 Å². The molecular formula is C23H25FN4O3. The van der Waals surface area contributed by atoms with Crippen molar-refractivity contribution < 1.29 is 19.1 Å². The van der Waals surface area contributed by atoms with E-state index < -0.39 is 11.4 Å². The molecule has 31 heavy (non-hydrogen) atoms. The van der Waals surface area contributed by atoms with Crippen LogP contribution >= 0.6 is 0 Å². The van der Waals surface area contributed by atoms with Crippen LogP contribution in [0, 0.1) is 5.82 Å². The summed E-state index contributed by atoms with van der Waals surface area (Å²) in [6, 6.07) is 8.99. The molecule has 0 unspecified atom stereocenters. The Morgan fingerprint density at radius 2 is 1.81 bits per heavy atom. The lowest BCUT2D eigenvalue weighted by molar-refractivity contribution is -0.143. The number of carbonyl (C=O) groups is 2. The first-order valence-corrected chi connectivity index (χ1v) is 10.7. The number of carbonyl (C=O) groups excluding carboxylic acids is 2.